The number of nitrogens with one attached hydrogen (secondary N) is 1. The molecule has 0 spiro atoms. The van der Waals surface area contributed by atoms with Crippen LogP contribution in [0.5, 0.6) is 0 Å². The Hall–Kier alpha value is -2.60. The first kappa shape index (κ1) is 18.2. The summed E-state index contributed by atoms with van der Waals surface area (Å²) in [6.07, 6.45) is 3.99. The first-order valence-corrected chi connectivity index (χ1v) is 9.71. The third kappa shape index (κ3) is 4.95. The molecule has 1 saturated heterocycles. The van der Waals surface area contributed by atoms with Gasteiger partial charge in [0.15, 0.2) is 5.17 Å². The average Bonchev–Trinajstić information content (AvgIpc) is 3.09. The molecule has 134 valence electrons. The molecule has 5 nitrogen and oxygen atoms in total. The summed E-state index contributed by atoms with van der Waals surface area (Å²) in [7, 11) is 0. The fraction of sp³-hybridized carbons (Fsp3) is 0.250. The van der Waals surface area contributed by atoms with Crippen LogP contribution in [0.2, 0.25) is 0 Å². The van der Waals surface area contributed by atoms with Crippen molar-refractivity contribution in [1.29, 1.82) is 0 Å². The average molecular weight is 366 g/mol. The molecule has 26 heavy (non-hydrogen) atoms. The van der Waals surface area contributed by atoms with E-state index in [1.165, 1.54) is 17.4 Å². The summed E-state index contributed by atoms with van der Waals surface area (Å²) in [5.74, 6) is 0.386. The lowest BCUT2D eigenvalue weighted by molar-refractivity contribution is -0.116. The van der Waals surface area contributed by atoms with E-state index in [1.807, 2.05) is 18.2 Å². The minimum atomic E-state index is -0.0265. The number of carbonyl (C=O) groups is 1. The third-order valence-electron chi connectivity index (χ3n) is 3.95. The number of hydrogen-bond donors (Lipinski definition) is 1. The first-order valence-electron chi connectivity index (χ1n) is 8.72. The summed E-state index contributed by atoms with van der Waals surface area (Å²) in [6.45, 7) is 3.19. The van der Waals surface area contributed by atoms with Gasteiger partial charge in [0.2, 0.25) is 5.91 Å². The van der Waals surface area contributed by atoms with Crippen LogP contribution in [0.4, 0.5) is 11.4 Å². The van der Waals surface area contributed by atoms with Gasteiger partial charge in [-0.15, -0.1) is 5.10 Å². The second-order valence-corrected chi connectivity index (χ2v) is 6.88. The number of hydrogen-bond acceptors (Lipinski definition) is 5. The number of rotatable bonds is 7. The van der Waals surface area contributed by atoms with E-state index < -0.39 is 0 Å². The van der Waals surface area contributed by atoms with E-state index in [4.69, 9.17) is 0 Å². The molecule has 0 atom stereocenters. The quantitative estimate of drug-likeness (QED) is 0.591. The summed E-state index contributed by atoms with van der Waals surface area (Å²) >= 11 is 1.37. The largest absolute Gasteiger partial charge is 0.341 e. The third-order valence-corrected chi connectivity index (χ3v) is 4.81. The fourth-order valence-corrected chi connectivity index (χ4v) is 3.23. The van der Waals surface area contributed by atoms with Gasteiger partial charge in [-0.25, -0.2) is 0 Å². The van der Waals surface area contributed by atoms with E-state index in [0.29, 0.717) is 10.9 Å². The van der Waals surface area contributed by atoms with Gasteiger partial charge in [0.25, 0.3) is 0 Å². The van der Waals surface area contributed by atoms with Crippen LogP contribution in [-0.2, 0) is 4.79 Å². The first-order chi connectivity index (χ1) is 12.8. The number of amides is 1. The van der Waals surface area contributed by atoms with E-state index in [-0.39, 0.29) is 5.91 Å². The van der Waals surface area contributed by atoms with Crippen molar-refractivity contribution in [3.8, 4) is 0 Å². The maximum absolute atomic E-state index is 11.1. The molecule has 0 aliphatic carbocycles. The summed E-state index contributed by atoms with van der Waals surface area (Å²) in [4.78, 5) is 13.4. The molecule has 0 radical (unpaired) electrons. The smallest absolute Gasteiger partial charge is 0.236 e. The molecule has 1 aliphatic rings. The molecule has 1 heterocycles. The van der Waals surface area contributed by atoms with Gasteiger partial charge in [-0.05, 0) is 36.2 Å². The molecule has 1 aliphatic heterocycles. The molecule has 2 aromatic rings. The van der Waals surface area contributed by atoms with Crippen LogP contribution >= 0.6 is 11.8 Å². The number of para-hydroxylation sites is 1. The van der Waals surface area contributed by atoms with Gasteiger partial charge in [0.1, 0.15) is 0 Å². The molecule has 1 N–H and O–H groups in total. The Labute approximate surface area is 158 Å². The minimum Gasteiger partial charge on any atom is -0.341 e. The van der Waals surface area contributed by atoms with Gasteiger partial charge < -0.3 is 10.2 Å². The second-order valence-electron chi connectivity index (χ2n) is 5.92. The summed E-state index contributed by atoms with van der Waals surface area (Å²) in [5, 5.41) is 11.3. The lowest BCUT2D eigenvalue weighted by Crippen LogP contribution is -2.19. The molecule has 2 aromatic carbocycles. The maximum atomic E-state index is 11.1. The Morgan fingerprint density at radius 2 is 1.85 bits per heavy atom. The molecule has 3 rings (SSSR count). The van der Waals surface area contributed by atoms with E-state index in [9.17, 15) is 4.79 Å². The molecular weight excluding hydrogens is 344 g/mol. The van der Waals surface area contributed by atoms with Gasteiger partial charge in [-0.2, -0.15) is 5.10 Å². The monoisotopic (exact) mass is 366 g/mol. The highest BCUT2D eigenvalue weighted by Gasteiger charge is 2.15. The number of benzene rings is 2. The zero-order valence-corrected chi connectivity index (χ0v) is 15.6. The molecular formula is C20H22N4OS. The van der Waals surface area contributed by atoms with Crippen LogP contribution in [0.1, 0.15) is 25.3 Å². The zero-order valence-electron chi connectivity index (χ0n) is 14.8. The minimum absolute atomic E-state index is 0.0265. The van der Waals surface area contributed by atoms with Crippen LogP contribution in [0.3, 0.4) is 0 Å². The number of thioether (sulfide) groups is 1. The highest BCUT2D eigenvalue weighted by atomic mass is 32.2. The molecule has 1 fully saturated rings. The van der Waals surface area contributed by atoms with Gasteiger partial charge >= 0.3 is 0 Å². The van der Waals surface area contributed by atoms with Gasteiger partial charge in [-0.3, -0.25) is 4.79 Å². The van der Waals surface area contributed by atoms with Crippen molar-refractivity contribution in [2.45, 2.75) is 19.8 Å². The molecule has 6 heteroatoms. The fourth-order valence-electron chi connectivity index (χ4n) is 2.60. The number of carbonyl (C=O) groups excluding carboxylic acids is 1. The molecule has 0 unspecified atom stereocenters. The summed E-state index contributed by atoms with van der Waals surface area (Å²) in [6, 6.07) is 18.7. The van der Waals surface area contributed by atoms with Crippen molar-refractivity contribution in [2.24, 2.45) is 10.2 Å². The SMILES string of the molecule is CCCCN(c1ccccc1)c1ccc(C=NN=C2NC(=O)CS2)cc1. The standard InChI is InChI=1S/C20H22N4OS/c1-2-3-13-24(17-7-5-4-6-8-17)18-11-9-16(10-12-18)14-21-23-20-22-19(25)15-26-20/h4-12,14H,2-3,13,15H2,1H3,(H,22,23,25). The predicted molar refractivity (Wildman–Crippen MR) is 110 cm³/mol. The van der Waals surface area contributed by atoms with Crippen LogP contribution in [-0.4, -0.2) is 29.6 Å². The topological polar surface area (TPSA) is 57.1 Å². The van der Waals surface area contributed by atoms with Crippen LogP contribution in [0.15, 0.2) is 64.8 Å². The molecule has 0 bridgehead atoms. The van der Waals surface area contributed by atoms with Crippen molar-refractivity contribution in [3.63, 3.8) is 0 Å². The Bertz CT molecular complexity index is 787. The van der Waals surface area contributed by atoms with Crippen molar-refractivity contribution in [3.05, 3.63) is 60.2 Å². The highest BCUT2D eigenvalue weighted by molar-refractivity contribution is 8.15. The summed E-state index contributed by atoms with van der Waals surface area (Å²) < 4.78 is 0. The van der Waals surface area contributed by atoms with Crippen LogP contribution in [0, 0.1) is 0 Å². The lowest BCUT2D eigenvalue weighted by atomic mass is 10.1. The molecule has 0 aromatic heterocycles. The van der Waals surface area contributed by atoms with E-state index >= 15 is 0 Å². The van der Waals surface area contributed by atoms with E-state index in [1.54, 1.807) is 6.21 Å². The highest BCUT2D eigenvalue weighted by Crippen LogP contribution is 2.25. The van der Waals surface area contributed by atoms with Crippen molar-refractivity contribution >= 4 is 40.4 Å². The number of nitrogens with zero attached hydrogens (tertiary/aromatic N) is 3. The summed E-state index contributed by atoms with van der Waals surface area (Å²) in [5.41, 5.74) is 3.32. The number of unbranched alkanes of at least 4 members (excludes halogenated alkanes) is 1. The Morgan fingerprint density at radius 3 is 2.50 bits per heavy atom. The van der Waals surface area contributed by atoms with Crippen molar-refractivity contribution in [2.75, 3.05) is 17.2 Å². The number of amidine groups is 1. The Balaban J connectivity index is 1.71. The van der Waals surface area contributed by atoms with Gasteiger partial charge in [0.05, 0.1) is 12.0 Å². The van der Waals surface area contributed by atoms with Crippen LogP contribution in [0.25, 0.3) is 0 Å². The molecule has 0 saturated carbocycles. The lowest BCUT2D eigenvalue weighted by Gasteiger charge is -2.25. The van der Waals surface area contributed by atoms with Crippen LogP contribution < -0.4 is 10.2 Å². The molecule has 1 amide bonds. The van der Waals surface area contributed by atoms with Gasteiger partial charge in [-0.1, -0.05) is 55.4 Å². The predicted octanol–water partition coefficient (Wildman–Crippen LogP) is 4.18. The van der Waals surface area contributed by atoms with Crippen molar-refractivity contribution in [1.82, 2.24) is 5.32 Å². The Morgan fingerprint density at radius 1 is 1.12 bits per heavy atom. The zero-order chi connectivity index (χ0) is 18.2. The van der Waals surface area contributed by atoms with Gasteiger partial charge in [0, 0.05) is 17.9 Å². The van der Waals surface area contributed by atoms with E-state index in [2.05, 4.69) is 63.7 Å². The van der Waals surface area contributed by atoms with Crippen molar-refractivity contribution < 1.29 is 4.79 Å². The second kappa shape index (κ2) is 9.20. The number of anilines is 2. The Kier molecular flexibility index (Phi) is 6.44. The normalized spacial score (nSPS) is 15.6. The van der Waals surface area contributed by atoms with E-state index in [0.717, 1.165) is 30.6 Å². The maximum Gasteiger partial charge on any atom is 0.236 e.